The Morgan fingerprint density at radius 1 is 0.800 bits per heavy atom. The number of aliphatic hydroxyl groups is 1. The fraction of sp³-hybridized carbons (Fsp3) is 0.400. The highest BCUT2D eigenvalue weighted by molar-refractivity contribution is 5.45. The van der Waals surface area contributed by atoms with Crippen molar-refractivity contribution in [2.75, 3.05) is 20.2 Å². The quantitative estimate of drug-likeness (QED) is 0.874. The highest BCUT2D eigenvalue weighted by Gasteiger charge is 2.21. The molecule has 2 heterocycles. The van der Waals surface area contributed by atoms with Crippen LogP contribution in [0.3, 0.4) is 0 Å². The molecule has 2 aromatic carbocycles. The molecule has 5 heteroatoms. The highest BCUT2D eigenvalue weighted by Crippen LogP contribution is 2.35. The van der Waals surface area contributed by atoms with Gasteiger partial charge in [-0.2, -0.15) is 0 Å². The molecule has 0 saturated heterocycles. The van der Waals surface area contributed by atoms with Crippen molar-refractivity contribution in [1.29, 1.82) is 0 Å². The van der Waals surface area contributed by atoms with Gasteiger partial charge in [0.2, 0.25) is 13.6 Å². The zero-order valence-electron chi connectivity index (χ0n) is 14.2. The predicted molar refractivity (Wildman–Crippen MR) is 92.3 cm³/mol. The molecule has 132 valence electrons. The zero-order valence-corrected chi connectivity index (χ0v) is 14.2. The van der Waals surface area contributed by atoms with E-state index >= 15 is 0 Å². The van der Waals surface area contributed by atoms with Crippen molar-refractivity contribution in [1.82, 2.24) is 0 Å². The topological polar surface area (TPSA) is 57.2 Å². The molecule has 2 aliphatic heterocycles. The Hall–Kier alpha value is -2.40. The molecule has 0 radical (unpaired) electrons. The fourth-order valence-electron chi connectivity index (χ4n) is 3.42. The first-order valence-corrected chi connectivity index (χ1v) is 8.61. The number of fused-ring (bicyclic) bond motifs is 2. The van der Waals surface area contributed by atoms with Crippen LogP contribution in [0.25, 0.3) is 0 Å². The summed E-state index contributed by atoms with van der Waals surface area (Å²) in [4.78, 5) is 0. The molecule has 0 fully saturated rings. The van der Waals surface area contributed by atoms with Gasteiger partial charge in [-0.05, 0) is 60.1 Å². The van der Waals surface area contributed by atoms with Crippen molar-refractivity contribution in [2.45, 2.75) is 19.8 Å². The van der Waals surface area contributed by atoms with Crippen molar-refractivity contribution in [3.63, 3.8) is 0 Å². The molecule has 0 aliphatic carbocycles. The third-order valence-corrected chi connectivity index (χ3v) is 4.97. The van der Waals surface area contributed by atoms with E-state index in [1.165, 1.54) is 5.56 Å². The molecule has 2 aromatic rings. The van der Waals surface area contributed by atoms with Gasteiger partial charge in [0, 0.05) is 6.61 Å². The lowest BCUT2D eigenvalue weighted by Crippen LogP contribution is -2.20. The van der Waals surface area contributed by atoms with Crippen LogP contribution in [0.15, 0.2) is 36.4 Å². The molecular weight excluding hydrogens is 320 g/mol. The van der Waals surface area contributed by atoms with Crippen molar-refractivity contribution < 1.29 is 24.1 Å². The normalized spacial score (nSPS) is 16.7. The Morgan fingerprint density at radius 3 is 1.88 bits per heavy atom. The Bertz CT molecular complexity index is 758. The maximum absolute atomic E-state index is 9.88. The molecule has 4 rings (SSSR count). The van der Waals surface area contributed by atoms with Crippen LogP contribution < -0.4 is 18.9 Å². The van der Waals surface area contributed by atoms with Crippen LogP contribution in [0.5, 0.6) is 23.0 Å². The number of hydrogen-bond acceptors (Lipinski definition) is 5. The summed E-state index contributed by atoms with van der Waals surface area (Å²) in [6.45, 7) is 2.90. The third kappa shape index (κ3) is 3.37. The molecule has 2 atom stereocenters. The Morgan fingerprint density at radius 2 is 1.32 bits per heavy atom. The molecular formula is C20H22O5. The smallest absolute Gasteiger partial charge is 0.231 e. The maximum atomic E-state index is 9.88. The first-order chi connectivity index (χ1) is 12.2. The summed E-state index contributed by atoms with van der Waals surface area (Å²) < 4.78 is 21.6. The van der Waals surface area contributed by atoms with E-state index < -0.39 is 0 Å². The van der Waals surface area contributed by atoms with Crippen molar-refractivity contribution in [3.05, 3.63) is 47.5 Å². The molecule has 0 amide bonds. The number of hydrogen-bond donors (Lipinski definition) is 1. The van der Waals surface area contributed by atoms with Gasteiger partial charge in [-0.25, -0.2) is 0 Å². The van der Waals surface area contributed by atoms with Crippen molar-refractivity contribution in [3.8, 4) is 23.0 Å². The van der Waals surface area contributed by atoms with Gasteiger partial charge in [-0.3, -0.25) is 0 Å². The van der Waals surface area contributed by atoms with E-state index in [4.69, 9.17) is 18.9 Å². The van der Waals surface area contributed by atoms with E-state index in [0.29, 0.717) is 5.92 Å². The Balaban J connectivity index is 1.43. The van der Waals surface area contributed by atoms with Crippen LogP contribution in [0.2, 0.25) is 0 Å². The summed E-state index contributed by atoms with van der Waals surface area (Å²) >= 11 is 0. The largest absolute Gasteiger partial charge is 0.454 e. The molecule has 0 bridgehead atoms. The van der Waals surface area contributed by atoms with Crippen LogP contribution in [0, 0.1) is 11.8 Å². The van der Waals surface area contributed by atoms with Gasteiger partial charge in [0.25, 0.3) is 0 Å². The summed E-state index contributed by atoms with van der Waals surface area (Å²) in [5.74, 6) is 3.69. The number of ether oxygens (including phenoxy) is 4. The number of aliphatic hydroxyl groups excluding tert-OH is 1. The van der Waals surface area contributed by atoms with Crippen LogP contribution in [0.1, 0.15) is 18.1 Å². The average molecular weight is 342 g/mol. The second-order valence-corrected chi connectivity index (χ2v) is 6.70. The zero-order chi connectivity index (χ0) is 17.2. The molecule has 0 spiro atoms. The molecule has 0 aromatic heterocycles. The SMILES string of the molecule is C[C@H](Cc1ccc2c(c1)OCO2)[C@H](CO)Cc1ccc2c(c1)OCO2. The van der Waals surface area contributed by atoms with Crippen molar-refractivity contribution in [2.24, 2.45) is 11.8 Å². The van der Waals surface area contributed by atoms with Gasteiger partial charge in [-0.1, -0.05) is 19.1 Å². The van der Waals surface area contributed by atoms with Crippen LogP contribution in [-0.2, 0) is 12.8 Å². The first-order valence-electron chi connectivity index (χ1n) is 8.61. The van der Waals surface area contributed by atoms with E-state index in [2.05, 4.69) is 13.0 Å². The maximum Gasteiger partial charge on any atom is 0.231 e. The molecule has 0 unspecified atom stereocenters. The Labute approximate surface area is 147 Å². The second-order valence-electron chi connectivity index (χ2n) is 6.70. The number of rotatable bonds is 6. The van der Waals surface area contributed by atoms with E-state index in [1.807, 2.05) is 30.3 Å². The highest BCUT2D eigenvalue weighted by atomic mass is 16.7. The summed E-state index contributed by atoms with van der Waals surface area (Å²) in [6, 6.07) is 12.1. The van der Waals surface area contributed by atoms with E-state index in [9.17, 15) is 5.11 Å². The molecule has 1 N–H and O–H groups in total. The lowest BCUT2D eigenvalue weighted by Gasteiger charge is -2.22. The minimum Gasteiger partial charge on any atom is -0.454 e. The van der Waals surface area contributed by atoms with Gasteiger partial charge in [0.15, 0.2) is 23.0 Å². The third-order valence-electron chi connectivity index (χ3n) is 4.97. The summed E-state index contributed by atoms with van der Waals surface area (Å²) in [6.07, 6.45) is 1.69. The minimum atomic E-state index is 0.153. The van der Waals surface area contributed by atoms with Gasteiger partial charge >= 0.3 is 0 Å². The lowest BCUT2D eigenvalue weighted by molar-refractivity contribution is 0.173. The average Bonchev–Trinajstić information content (AvgIpc) is 3.27. The van der Waals surface area contributed by atoms with Gasteiger partial charge in [0.05, 0.1) is 0 Å². The molecule has 2 aliphatic rings. The molecule has 5 nitrogen and oxygen atoms in total. The molecule has 0 saturated carbocycles. The summed E-state index contributed by atoms with van der Waals surface area (Å²) in [5, 5.41) is 9.88. The summed E-state index contributed by atoms with van der Waals surface area (Å²) in [5.41, 5.74) is 2.35. The fourth-order valence-corrected chi connectivity index (χ4v) is 3.42. The van der Waals surface area contributed by atoms with Crippen LogP contribution in [0.4, 0.5) is 0 Å². The van der Waals surface area contributed by atoms with Gasteiger partial charge < -0.3 is 24.1 Å². The Kier molecular flexibility index (Phi) is 4.40. The van der Waals surface area contributed by atoms with E-state index in [0.717, 1.165) is 41.4 Å². The van der Waals surface area contributed by atoms with Crippen molar-refractivity contribution >= 4 is 0 Å². The van der Waals surface area contributed by atoms with Gasteiger partial charge in [-0.15, -0.1) is 0 Å². The van der Waals surface area contributed by atoms with Crippen LogP contribution in [-0.4, -0.2) is 25.3 Å². The van der Waals surface area contributed by atoms with E-state index in [1.54, 1.807) is 0 Å². The minimum absolute atomic E-state index is 0.153. The molecule has 25 heavy (non-hydrogen) atoms. The standard InChI is InChI=1S/C20H22O5/c1-13(6-14-2-4-17-19(8-14)24-11-22-17)16(10-21)7-15-3-5-18-20(9-15)25-12-23-18/h2-5,8-9,13,16,21H,6-7,10-12H2,1H3/t13-,16+/m1/s1. The van der Waals surface area contributed by atoms with Crippen LogP contribution >= 0.6 is 0 Å². The summed E-state index contributed by atoms with van der Waals surface area (Å²) in [7, 11) is 0. The number of benzene rings is 2. The predicted octanol–water partition coefficient (Wildman–Crippen LogP) is 3.17. The first kappa shape index (κ1) is 16.1. The second kappa shape index (κ2) is 6.84. The van der Waals surface area contributed by atoms with E-state index in [-0.39, 0.29) is 26.1 Å². The lowest BCUT2D eigenvalue weighted by atomic mass is 9.84. The van der Waals surface area contributed by atoms with Gasteiger partial charge in [0.1, 0.15) is 0 Å². The monoisotopic (exact) mass is 342 g/mol.